The van der Waals surface area contributed by atoms with Gasteiger partial charge in [-0.1, -0.05) is 12.2 Å². The molecule has 2 aliphatic rings. The van der Waals surface area contributed by atoms with Crippen LogP contribution in [0.2, 0.25) is 0 Å². The Morgan fingerprint density at radius 3 is 2.19 bits per heavy atom. The molecule has 3 rings (SSSR count). The van der Waals surface area contributed by atoms with E-state index in [1.54, 1.807) is 20.8 Å². The van der Waals surface area contributed by atoms with Gasteiger partial charge in [-0.15, -0.1) is 0 Å². The Morgan fingerprint density at radius 2 is 1.66 bits per heavy atom. The molecule has 3 unspecified atom stereocenters. The molecule has 4 atom stereocenters. The number of rotatable bonds is 7. The average molecular weight is 444 g/mol. The minimum absolute atomic E-state index is 0.143. The summed E-state index contributed by atoms with van der Waals surface area (Å²) < 4.78 is 10.3. The molecule has 1 fully saturated rings. The van der Waals surface area contributed by atoms with Gasteiger partial charge in [0.25, 0.3) is 0 Å². The molecule has 2 amide bonds. The van der Waals surface area contributed by atoms with E-state index in [1.165, 1.54) is 13.8 Å². The number of aromatic amines is 1. The van der Waals surface area contributed by atoms with E-state index in [4.69, 9.17) is 9.47 Å². The van der Waals surface area contributed by atoms with Crippen LogP contribution in [0.4, 0.5) is 0 Å². The van der Waals surface area contributed by atoms with E-state index in [-0.39, 0.29) is 29.7 Å². The zero-order valence-electron chi connectivity index (χ0n) is 18.9. The number of fused-ring (bicyclic) bond motifs is 1. The fraction of sp³-hybridized carbons (Fsp3) is 0.522. The van der Waals surface area contributed by atoms with Crippen LogP contribution in [-0.4, -0.2) is 58.2 Å². The molecule has 1 saturated heterocycles. The van der Waals surface area contributed by atoms with Gasteiger partial charge in [0.15, 0.2) is 6.10 Å². The highest BCUT2D eigenvalue weighted by Crippen LogP contribution is 2.36. The number of imide groups is 1. The van der Waals surface area contributed by atoms with E-state index in [0.29, 0.717) is 24.1 Å². The number of H-pyrrole nitrogens is 1. The number of carbonyl (C=O) groups excluding carboxylic acids is 5. The number of carbonyl (C=O) groups is 5. The van der Waals surface area contributed by atoms with E-state index in [9.17, 15) is 24.0 Å². The molecule has 0 bridgehead atoms. The van der Waals surface area contributed by atoms with Crippen LogP contribution in [0.3, 0.4) is 0 Å². The molecule has 1 aromatic rings. The molecule has 1 aliphatic heterocycles. The number of aryl methyl sites for hydroxylation is 1. The SMILES string of the molecule is CCOC(=O)c1c(C)[nH]c(C(=O)C(C)OC(=O)[C@@H](C)N2C(=O)C3CC=CCC3C2=O)c1C. The summed E-state index contributed by atoms with van der Waals surface area (Å²) in [6, 6.07) is -1.14. The van der Waals surface area contributed by atoms with Crippen LogP contribution < -0.4 is 0 Å². The van der Waals surface area contributed by atoms with E-state index in [1.807, 2.05) is 12.2 Å². The predicted molar refractivity (Wildman–Crippen MR) is 113 cm³/mol. The van der Waals surface area contributed by atoms with Crippen LogP contribution in [0.5, 0.6) is 0 Å². The maximum atomic E-state index is 12.9. The quantitative estimate of drug-likeness (QED) is 0.296. The average Bonchev–Trinajstić information content (AvgIpc) is 3.19. The monoisotopic (exact) mass is 444 g/mol. The van der Waals surface area contributed by atoms with Crippen molar-refractivity contribution in [2.24, 2.45) is 11.8 Å². The largest absolute Gasteiger partial charge is 0.462 e. The standard InChI is InChI=1S/C23H28N2O7/c1-6-31-23(30)17-11(2)18(24-12(17)3)19(26)14(5)32-22(29)13(4)25-20(27)15-9-7-8-10-16(15)21(25)28/h7-8,13-16,24H,6,9-10H2,1-5H3/t13-,14?,15?,16?/m1/s1. The highest BCUT2D eigenvalue weighted by molar-refractivity contribution is 6.08. The third kappa shape index (κ3) is 3.99. The fourth-order valence-corrected chi connectivity index (χ4v) is 4.35. The number of nitrogens with zero attached hydrogens (tertiary/aromatic N) is 1. The normalized spacial score (nSPS) is 21.8. The number of nitrogens with one attached hydrogen (secondary N) is 1. The number of Topliss-reactive ketones (excluding diaryl/α,β-unsaturated/α-hetero) is 1. The first-order valence-corrected chi connectivity index (χ1v) is 10.7. The lowest BCUT2D eigenvalue weighted by atomic mass is 9.85. The lowest BCUT2D eigenvalue weighted by Crippen LogP contribution is -2.45. The Labute approximate surface area is 186 Å². The summed E-state index contributed by atoms with van der Waals surface area (Å²) in [5.41, 5.74) is 1.29. The lowest BCUT2D eigenvalue weighted by Gasteiger charge is -2.23. The van der Waals surface area contributed by atoms with Crippen molar-refractivity contribution in [3.05, 3.63) is 34.7 Å². The Hall–Kier alpha value is -3.23. The number of ether oxygens (including phenoxy) is 2. The third-order valence-corrected chi connectivity index (χ3v) is 6.10. The summed E-state index contributed by atoms with van der Waals surface area (Å²) in [6.07, 6.45) is 3.48. The molecule has 2 heterocycles. The van der Waals surface area contributed by atoms with E-state index < -0.39 is 41.7 Å². The van der Waals surface area contributed by atoms with Crippen LogP contribution in [0.25, 0.3) is 0 Å². The van der Waals surface area contributed by atoms with Crippen molar-refractivity contribution in [2.75, 3.05) is 6.61 Å². The Kier molecular flexibility index (Phi) is 6.66. The van der Waals surface area contributed by atoms with Crippen molar-refractivity contribution in [1.29, 1.82) is 0 Å². The summed E-state index contributed by atoms with van der Waals surface area (Å²) in [5.74, 6) is -3.59. The third-order valence-electron chi connectivity index (χ3n) is 6.10. The Morgan fingerprint density at radius 1 is 1.09 bits per heavy atom. The first kappa shape index (κ1) is 23.4. The zero-order valence-corrected chi connectivity index (χ0v) is 18.9. The van der Waals surface area contributed by atoms with E-state index in [0.717, 1.165) is 4.90 Å². The van der Waals surface area contributed by atoms with Crippen molar-refractivity contribution in [1.82, 2.24) is 9.88 Å². The van der Waals surface area contributed by atoms with E-state index >= 15 is 0 Å². The molecule has 1 N–H and O–H groups in total. The first-order valence-electron chi connectivity index (χ1n) is 10.7. The molecule has 172 valence electrons. The van der Waals surface area contributed by atoms with Crippen molar-refractivity contribution >= 4 is 29.5 Å². The second-order valence-corrected chi connectivity index (χ2v) is 8.17. The van der Waals surface area contributed by atoms with Gasteiger partial charge in [0, 0.05) is 5.69 Å². The number of aromatic nitrogens is 1. The van der Waals surface area contributed by atoms with Crippen molar-refractivity contribution in [3.8, 4) is 0 Å². The minimum atomic E-state index is -1.19. The molecule has 9 heteroatoms. The lowest BCUT2D eigenvalue weighted by molar-refractivity contribution is -0.159. The van der Waals surface area contributed by atoms with Gasteiger partial charge in [0.2, 0.25) is 17.6 Å². The van der Waals surface area contributed by atoms with Crippen molar-refractivity contribution in [2.45, 2.75) is 59.6 Å². The van der Waals surface area contributed by atoms with Crippen molar-refractivity contribution in [3.63, 3.8) is 0 Å². The number of likely N-dealkylation sites (tertiary alicyclic amines) is 1. The number of esters is 2. The van der Waals surface area contributed by atoms with Crippen molar-refractivity contribution < 1.29 is 33.4 Å². The summed E-state index contributed by atoms with van der Waals surface area (Å²) in [5, 5.41) is 0. The smallest absolute Gasteiger partial charge is 0.340 e. The Balaban J connectivity index is 1.71. The number of allylic oxidation sites excluding steroid dienone is 2. The molecule has 0 aromatic carbocycles. The molecular weight excluding hydrogens is 416 g/mol. The molecule has 1 aliphatic carbocycles. The second-order valence-electron chi connectivity index (χ2n) is 8.17. The maximum Gasteiger partial charge on any atom is 0.340 e. The number of ketones is 1. The summed E-state index contributed by atoms with van der Waals surface area (Å²) in [7, 11) is 0. The molecule has 32 heavy (non-hydrogen) atoms. The first-order chi connectivity index (χ1) is 15.1. The predicted octanol–water partition coefficient (Wildman–Crippen LogP) is 2.26. The van der Waals surface area contributed by atoms with Crippen LogP contribution in [0.15, 0.2) is 12.2 Å². The Bertz CT molecular complexity index is 980. The van der Waals surface area contributed by atoms with Gasteiger partial charge in [-0.05, 0) is 53.0 Å². The van der Waals surface area contributed by atoms with Crippen LogP contribution >= 0.6 is 0 Å². The maximum absolute atomic E-state index is 12.9. The number of hydrogen-bond acceptors (Lipinski definition) is 7. The highest BCUT2D eigenvalue weighted by Gasteiger charge is 2.50. The van der Waals surface area contributed by atoms with Gasteiger partial charge < -0.3 is 14.5 Å². The van der Waals surface area contributed by atoms with E-state index in [2.05, 4.69) is 4.98 Å². The topological polar surface area (TPSA) is 123 Å². The summed E-state index contributed by atoms with van der Waals surface area (Å²) in [6.45, 7) is 7.97. The van der Waals surface area contributed by atoms with Gasteiger partial charge in [0.1, 0.15) is 6.04 Å². The molecule has 9 nitrogen and oxygen atoms in total. The van der Waals surface area contributed by atoms with Gasteiger partial charge in [-0.3, -0.25) is 19.3 Å². The molecular formula is C23H28N2O7. The molecule has 0 saturated carbocycles. The van der Waals surface area contributed by atoms with Crippen LogP contribution in [0.1, 0.15) is 65.7 Å². The van der Waals surface area contributed by atoms with Crippen LogP contribution in [-0.2, 0) is 23.9 Å². The minimum Gasteiger partial charge on any atom is -0.462 e. The molecule has 1 aromatic heterocycles. The fourth-order valence-electron chi connectivity index (χ4n) is 4.35. The summed E-state index contributed by atoms with van der Waals surface area (Å²) >= 11 is 0. The summed E-state index contributed by atoms with van der Waals surface area (Å²) in [4.78, 5) is 67.0. The van der Waals surface area contributed by atoms with Gasteiger partial charge in [-0.2, -0.15) is 0 Å². The second kappa shape index (κ2) is 9.10. The van der Waals surface area contributed by atoms with Gasteiger partial charge in [-0.25, -0.2) is 9.59 Å². The van der Waals surface area contributed by atoms with Gasteiger partial charge >= 0.3 is 11.9 Å². The van der Waals surface area contributed by atoms with Gasteiger partial charge in [0.05, 0.1) is 29.7 Å². The molecule has 0 radical (unpaired) electrons. The number of amides is 2. The number of hydrogen-bond donors (Lipinski definition) is 1. The zero-order chi connectivity index (χ0) is 23.7. The highest BCUT2D eigenvalue weighted by atomic mass is 16.5. The van der Waals surface area contributed by atoms with Crippen LogP contribution in [0, 0.1) is 25.7 Å². The molecule has 0 spiro atoms.